The van der Waals surface area contributed by atoms with Gasteiger partial charge in [-0.1, -0.05) is 31.2 Å². The molecule has 2 atom stereocenters. The summed E-state index contributed by atoms with van der Waals surface area (Å²) in [6.45, 7) is 9.16. The van der Waals surface area contributed by atoms with E-state index in [4.69, 9.17) is 9.84 Å². The number of nitrogens with zero attached hydrogens (tertiary/aromatic N) is 3. The summed E-state index contributed by atoms with van der Waals surface area (Å²) in [7, 11) is 1.46. The maximum absolute atomic E-state index is 17.1. The second-order valence-corrected chi connectivity index (χ2v) is 13.4. The molecule has 3 aliphatic rings. The van der Waals surface area contributed by atoms with Crippen LogP contribution in [0.15, 0.2) is 54.5 Å². The zero-order valence-electron chi connectivity index (χ0n) is 26.6. The molecule has 2 aliphatic heterocycles. The predicted octanol–water partition coefficient (Wildman–Crippen LogP) is 8.93. The predicted molar refractivity (Wildman–Crippen MR) is 161 cm³/mol. The van der Waals surface area contributed by atoms with Gasteiger partial charge in [-0.3, -0.25) is 4.90 Å². The summed E-state index contributed by atoms with van der Waals surface area (Å²) in [6, 6.07) is 9.40. The third kappa shape index (κ3) is 4.13. The minimum Gasteiger partial charge on any atom is -0.365 e. The van der Waals surface area contributed by atoms with Crippen molar-refractivity contribution >= 4 is 5.57 Å². The number of allylic oxidation sites excluding steroid dienone is 1. The molecule has 2 aromatic carbocycles. The molecule has 47 heavy (non-hydrogen) atoms. The number of hydrogen-bond acceptors (Lipinski definition) is 3. The number of benzene rings is 2. The Morgan fingerprint density at radius 3 is 2.32 bits per heavy atom. The van der Waals surface area contributed by atoms with Gasteiger partial charge < -0.3 is 9.72 Å². The number of methoxy groups -OCH3 is 1. The maximum Gasteiger partial charge on any atom is 0.416 e. The van der Waals surface area contributed by atoms with Crippen molar-refractivity contribution in [1.29, 1.82) is 0 Å². The van der Waals surface area contributed by atoms with Crippen molar-refractivity contribution in [1.82, 2.24) is 19.7 Å². The average Bonchev–Trinajstić information content (AvgIpc) is 3.71. The van der Waals surface area contributed by atoms with Gasteiger partial charge in [0, 0.05) is 43.1 Å². The van der Waals surface area contributed by atoms with Crippen LogP contribution in [0.3, 0.4) is 0 Å². The van der Waals surface area contributed by atoms with Crippen LogP contribution in [0.1, 0.15) is 90.6 Å². The number of hydrogen-bond donors (Lipinski definition) is 1. The van der Waals surface area contributed by atoms with E-state index in [-0.39, 0.29) is 24.7 Å². The number of para-hydroxylation sites is 1. The maximum atomic E-state index is 17.1. The fourth-order valence-electron chi connectivity index (χ4n) is 7.96. The first-order valence-corrected chi connectivity index (χ1v) is 15.3. The summed E-state index contributed by atoms with van der Waals surface area (Å²) in [5.74, 6) is -0.457. The minimum absolute atomic E-state index is 0.144. The number of rotatable bonds is 4. The van der Waals surface area contributed by atoms with Gasteiger partial charge in [0.05, 0.1) is 44.8 Å². The van der Waals surface area contributed by atoms with E-state index in [0.29, 0.717) is 40.7 Å². The lowest BCUT2D eigenvalue weighted by molar-refractivity contribution is -0.143. The zero-order valence-corrected chi connectivity index (χ0v) is 26.6. The number of aromatic amines is 1. The fourth-order valence-corrected chi connectivity index (χ4v) is 7.96. The summed E-state index contributed by atoms with van der Waals surface area (Å²) >= 11 is 0. The summed E-state index contributed by atoms with van der Waals surface area (Å²) < 4.78 is 107. The molecule has 7 rings (SSSR count). The first-order chi connectivity index (χ1) is 21.9. The third-order valence-corrected chi connectivity index (χ3v) is 10.6. The molecule has 12 heteroatoms. The molecule has 248 valence electrons. The highest BCUT2D eigenvalue weighted by atomic mass is 19.4. The van der Waals surface area contributed by atoms with Gasteiger partial charge >= 0.3 is 12.4 Å². The van der Waals surface area contributed by atoms with Crippen LogP contribution >= 0.6 is 0 Å². The zero-order chi connectivity index (χ0) is 34.1. The molecule has 2 unspecified atom stereocenters. The summed E-state index contributed by atoms with van der Waals surface area (Å²) in [5.41, 5.74) is -0.173. The Labute approximate surface area is 267 Å². The monoisotopic (exact) mass is 658 g/mol. The van der Waals surface area contributed by atoms with Crippen LogP contribution in [-0.2, 0) is 53.2 Å². The molecule has 0 radical (unpaired) electrons. The molecule has 0 saturated carbocycles. The molecule has 0 amide bonds. The number of ether oxygens (including phenoxy) is 1. The van der Waals surface area contributed by atoms with E-state index in [1.165, 1.54) is 7.11 Å². The second-order valence-electron chi connectivity index (χ2n) is 13.4. The van der Waals surface area contributed by atoms with Crippen molar-refractivity contribution in [3.8, 4) is 5.69 Å². The smallest absolute Gasteiger partial charge is 0.365 e. The normalized spacial score (nSPS) is 23.3. The molecule has 1 N–H and O–H groups in total. The summed E-state index contributed by atoms with van der Waals surface area (Å²) in [4.78, 5) is 4.98. The largest absolute Gasteiger partial charge is 0.416 e. The lowest BCUT2D eigenvalue weighted by Crippen LogP contribution is -2.44. The minimum atomic E-state index is -5.00. The molecular weight excluding hydrogens is 625 g/mol. The molecule has 0 bridgehead atoms. The highest BCUT2D eigenvalue weighted by Crippen LogP contribution is 2.61. The molecule has 2 aromatic heterocycles. The summed E-state index contributed by atoms with van der Waals surface area (Å²) in [5, 5.41) is 5.14. The fraction of sp³-hybridized carbons (Fsp3) is 0.400. The van der Waals surface area contributed by atoms with Crippen molar-refractivity contribution in [2.45, 2.75) is 83.0 Å². The van der Waals surface area contributed by atoms with E-state index < -0.39 is 45.9 Å². The van der Waals surface area contributed by atoms with E-state index in [0.717, 1.165) is 28.4 Å². The van der Waals surface area contributed by atoms with Crippen LogP contribution in [-0.4, -0.2) is 26.8 Å². The van der Waals surface area contributed by atoms with Crippen molar-refractivity contribution < 1.29 is 35.5 Å². The van der Waals surface area contributed by atoms with Gasteiger partial charge in [0.2, 0.25) is 0 Å². The number of fused-ring (bicyclic) bond motifs is 10. The van der Waals surface area contributed by atoms with E-state index in [2.05, 4.69) is 4.98 Å². The van der Waals surface area contributed by atoms with Gasteiger partial charge in [0.15, 0.2) is 5.60 Å². The van der Waals surface area contributed by atoms with E-state index in [1.807, 2.05) is 56.6 Å². The lowest BCUT2D eigenvalue weighted by atomic mass is 9.61. The first-order valence-electron chi connectivity index (χ1n) is 15.3. The number of aryl methyl sites for hydroxylation is 1. The highest BCUT2D eigenvalue weighted by molar-refractivity contribution is 5.91. The summed E-state index contributed by atoms with van der Waals surface area (Å²) in [6.07, 6.45) is -7.55. The van der Waals surface area contributed by atoms with Gasteiger partial charge in [-0.15, -0.1) is 0 Å². The lowest BCUT2D eigenvalue weighted by Gasteiger charge is -2.46. The molecular formula is C35H33F7N4O. The molecule has 0 fully saturated rings. The van der Waals surface area contributed by atoms with Crippen LogP contribution in [0.5, 0.6) is 0 Å². The molecule has 5 nitrogen and oxygen atoms in total. The topological polar surface area (TPSA) is 46.1 Å². The van der Waals surface area contributed by atoms with Gasteiger partial charge in [-0.25, -0.2) is 9.07 Å². The Bertz CT molecular complexity index is 1980. The number of nitrogens with one attached hydrogen (secondary N) is 1. The Morgan fingerprint density at radius 2 is 1.68 bits per heavy atom. The van der Waals surface area contributed by atoms with Crippen LogP contribution in [0.25, 0.3) is 11.3 Å². The van der Waals surface area contributed by atoms with E-state index in [1.54, 1.807) is 18.0 Å². The second kappa shape index (κ2) is 9.82. The van der Waals surface area contributed by atoms with Gasteiger partial charge in [0.1, 0.15) is 5.83 Å². The molecule has 0 spiro atoms. The quantitative estimate of drug-likeness (QED) is 0.223. The van der Waals surface area contributed by atoms with Crippen molar-refractivity contribution in [2.24, 2.45) is 0 Å². The SMILES string of the molecule is CCc1cccc2c1-n1nc3c(c1C1(C)C2=C(F)C(C)(OC)c2[nH]ccc21)CN(Cc1ccc(C(F)(F)F)cc1C(F)(F)F)C3(C)C. The third-order valence-electron chi connectivity index (χ3n) is 10.6. The van der Waals surface area contributed by atoms with E-state index >= 15 is 4.39 Å². The molecule has 1 aliphatic carbocycles. The molecule has 4 heterocycles. The number of halogens is 7. The van der Waals surface area contributed by atoms with Crippen molar-refractivity contribution in [2.75, 3.05) is 7.11 Å². The van der Waals surface area contributed by atoms with Crippen LogP contribution < -0.4 is 0 Å². The van der Waals surface area contributed by atoms with Crippen LogP contribution in [0.4, 0.5) is 30.7 Å². The Kier molecular flexibility index (Phi) is 6.62. The van der Waals surface area contributed by atoms with Crippen LogP contribution in [0, 0.1) is 0 Å². The Morgan fingerprint density at radius 1 is 0.957 bits per heavy atom. The molecule has 4 aromatic rings. The van der Waals surface area contributed by atoms with Crippen molar-refractivity contribution in [3.63, 3.8) is 0 Å². The number of aromatic nitrogens is 3. The average molecular weight is 659 g/mol. The highest BCUT2D eigenvalue weighted by Gasteiger charge is 2.58. The first kappa shape index (κ1) is 31.7. The van der Waals surface area contributed by atoms with Crippen LogP contribution in [0.2, 0.25) is 0 Å². The van der Waals surface area contributed by atoms with Gasteiger partial charge in [-0.05, 0) is 69.0 Å². The van der Waals surface area contributed by atoms with Gasteiger partial charge in [0.25, 0.3) is 0 Å². The van der Waals surface area contributed by atoms with Gasteiger partial charge in [-0.2, -0.15) is 31.4 Å². The number of H-pyrrole nitrogens is 1. The molecule has 0 saturated heterocycles. The standard InChI is InChI=1S/C35H33F7N4O/c1-7-18-9-8-10-21-25-27(36)33(5,47-6)29-23(13-14-43-29)32(25,4)30-22-17-45(31(2,3)28(22)44-46(30)26(18)21)16-19-11-12-20(34(37,38)39)15-24(19)35(40,41)42/h8-15,43H,7,16-17H2,1-6H3. The number of alkyl halides is 6. The Balaban J connectivity index is 1.44. The van der Waals surface area contributed by atoms with E-state index in [9.17, 15) is 26.3 Å². The van der Waals surface area contributed by atoms with Crippen molar-refractivity contribution in [3.05, 3.63) is 111 Å². The Hall–Kier alpha value is -3.90.